The maximum Gasteiger partial charge on any atom is 0.134 e. The van der Waals surface area contributed by atoms with E-state index in [1.165, 1.54) is 0 Å². The number of hydrogen-bond acceptors (Lipinski definition) is 5. The molecule has 6 heteroatoms. The summed E-state index contributed by atoms with van der Waals surface area (Å²) in [7, 11) is 1.89. The molecule has 0 aliphatic heterocycles. The number of hydrogen-bond donors (Lipinski definition) is 1. The molecule has 0 spiro atoms. The van der Waals surface area contributed by atoms with Crippen molar-refractivity contribution in [3.63, 3.8) is 0 Å². The van der Waals surface area contributed by atoms with Gasteiger partial charge >= 0.3 is 0 Å². The molecule has 2 aromatic heterocycles. The molecule has 0 fully saturated rings. The number of aromatic nitrogens is 4. The smallest absolute Gasteiger partial charge is 0.134 e. The van der Waals surface area contributed by atoms with Gasteiger partial charge in [-0.1, -0.05) is 0 Å². The lowest BCUT2D eigenvalue weighted by molar-refractivity contribution is 0.756. The molecular formula is C10H13N5S. The van der Waals surface area contributed by atoms with Crippen LogP contribution in [0.5, 0.6) is 0 Å². The molecule has 0 aliphatic rings. The van der Waals surface area contributed by atoms with E-state index in [4.69, 9.17) is 0 Å². The number of thioether (sulfide) groups is 1. The van der Waals surface area contributed by atoms with Crippen molar-refractivity contribution in [2.24, 2.45) is 7.05 Å². The Bertz CT molecular complexity index is 494. The molecule has 0 radical (unpaired) electrons. The Morgan fingerprint density at radius 1 is 1.38 bits per heavy atom. The number of anilines is 2. The Kier molecular flexibility index (Phi) is 3.09. The lowest BCUT2D eigenvalue weighted by atomic mass is 10.4. The average molecular weight is 235 g/mol. The summed E-state index contributed by atoms with van der Waals surface area (Å²) < 4.78 is 1.77. The number of nitrogens with zero attached hydrogens (tertiary/aromatic N) is 4. The van der Waals surface area contributed by atoms with E-state index in [-0.39, 0.29) is 0 Å². The summed E-state index contributed by atoms with van der Waals surface area (Å²) in [6.45, 7) is 1.96. The van der Waals surface area contributed by atoms with Gasteiger partial charge in [-0.2, -0.15) is 5.10 Å². The molecule has 0 bridgehead atoms. The monoisotopic (exact) mass is 235 g/mol. The second-order valence-electron chi connectivity index (χ2n) is 3.37. The molecule has 2 aromatic rings. The Labute approximate surface area is 98.3 Å². The van der Waals surface area contributed by atoms with Gasteiger partial charge in [0.25, 0.3) is 0 Å². The Morgan fingerprint density at radius 3 is 2.81 bits per heavy atom. The number of rotatable bonds is 3. The third-order valence-corrected chi connectivity index (χ3v) is 2.77. The highest BCUT2D eigenvalue weighted by molar-refractivity contribution is 7.98. The van der Waals surface area contributed by atoms with Gasteiger partial charge in [0.05, 0.1) is 11.4 Å². The van der Waals surface area contributed by atoms with E-state index in [1.807, 2.05) is 32.5 Å². The highest BCUT2D eigenvalue weighted by Gasteiger charge is 2.04. The molecule has 0 aliphatic carbocycles. The fourth-order valence-corrected chi connectivity index (χ4v) is 1.76. The van der Waals surface area contributed by atoms with Gasteiger partial charge in [0.15, 0.2) is 0 Å². The molecule has 1 N–H and O–H groups in total. The van der Waals surface area contributed by atoms with Gasteiger partial charge in [-0.15, -0.1) is 11.8 Å². The third kappa shape index (κ3) is 2.33. The minimum Gasteiger partial charge on any atom is -0.337 e. The van der Waals surface area contributed by atoms with Crippen LogP contribution in [0.4, 0.5) is 11.5 Å². The summed E-state index contributed by atoms with van der Waals surface area (Å²) in [5.41, 5.74) is 1.92. The van der Waals surface area contributed by atoms with Gasteiger partial charge in [-0.25, -0.2) is 9.97 Å². The standard InChI is InChI=1S/C10H13N5S/c1-7-8(5-15(2)14-7)13-9-4-10(16-3)12-6-11-9/h4-6H,1-3H3,(H,11,12,13). The van der Waals surface area contributed by atoms with Gasteiger partial charge in [-0.05, 0) is 13.2 Å². The van der Waals surface area contributed by atoms with Crippen molar-refractivity contribution in [1.82, 2.24) is 19.7 Å². The molecular weight excluding hydrogens is 222 g/mol. The second kappa shape index (κ2) is 4.52. The fraction of sp³-hybridized carbons (Fsp3) is 0.300. The van der Waals surface area contributed by atoms with Crippen molar-refractivity contribution in [3.05, 3.63) is 24.3 Å². The van der Waals surface area contributed by atoms with E-state index in [9.17, 15) is 0 Å². The molecule has 0 saturated heterocycles. The van der Waals surface area contributed by atoms with Crippen LogP contribution in [0.15, 0.2) is 23.6 Å². The lowest BCUT2D eigenvalue weighted by Gasteiger charge is -2.03. The summed E-state index contributed by atoms with van der Waals surface area (Å²) in [5.74, 6) is 0.787. The van der Waals surface area contributed by atoms with Gasteiger partial charge in [-0.3, -0.25) is 4.68 Å². The van der Waals surface area contributed by atoms with Gasteiger partial charge < -0.3 is 5.32 Å². The quantitative estimate of drug-likeness (QED) is 0.651. The first-order valence-electron chi connectivity index (χ1n) is 4.82. The van der Waals surface area contributed by atoms with E-state index in [2.05, 4.69) is 20.4 Å². The first-order chi connectivity index (χ1) is 7.69. The van der Waals surface area contributed by atoms with Gasteiger partial charge in [0, 0.05) is 19.3 Å². The Balaban J connectivity index is 2.23. The molecule has 0 saturated carbocycles. The summed E-state index contributed by atoms with van der Waals surface area (Å²) >= 11 is 1.59. The van der Waals surface area contributed by atoms with E-state index in [1.54, 1.807) is 22.8 Å². The summed E-state index contributed by atoms with van der Waals surface area (Å²) in [6, 6.07) is 1.91. The molecule has 0 amide bonds. The van der Waals surface area contributed by atoms with Crippen LogP contribution in [-0.4, -0.2) is 26.0 Å². The molecule has 2 rings (SSSR count). The minimum atomic E-state index is 0.787. The van der Waals surface area contributed by atoms with Crippen molar-refractivity contribution < 1.29 is 0 Å². The van der Waals surface area contributed by atoms with E-state index >= 15 is 0 Å². The minimum absolute atomic E-state index is 0.787. The molecule has 5 nitrogen and oxygen atoms in total. The number of aryl methyl sites for hydroxylation is 2. The molecule has 0 aromatic carbocycles. The maximum absolute atomic E-state index is 4.26. The zero-order valence-corrected chi connectivity index (χ0v) is 10.2. The second-order valence-corrected chi connectivity index (χ2v) is 4.20. The van der Waals surface area contributed by atoms with Crippen LogP contribution < -0.4 is 5.32 Å². The highest BCUT2D eigenvalue weighted by Crippen LogP contribution is 2.19. The number of nitrogens with one attached hydrogen (secondary N) is 1. The predicted octanol–water partition coefficient (Wildman–Crippen LogP) is 1.98. The summed E-state index contributed by atoms with van der Waals surface area (Å²) in [5, 5.41) is 8.42. The van der Waals surface area contributed by atoms with Crippen molar-refractivity contribution in [2.75, 3.05) is 11.6 Å². The summed E-state index contributed by atoms with van der Waals surface area (Å²) in [6.07, 6.45) is 5.47. The normalized spacial score (nSPS) is 10.4. The maximum atomic E-state index is 4.26. The van der Waals surface area contributed by atoms with Crippen LogP contribution in [0.2, 0.25) is 0 Å². The van der Waals surface area contributed by atoms with Crippen LogP contribution in [-0.2, 0) is 7.05 Å². The lowest BCUT2D eigenvalue weighted by Crippen LogP contribution is -1.95. The molecule has 84 valence electrons. The zero-order chi connectivity index (χ0) is 11.5. The van der Waals surface area contributed by atoms with Crippen molar-refractivity contribution in [3.8, 4) is 0 Å². The SMILES string of the molecule is CSc1cc(Nc2cn(C)nc2C)ncn1. The van der Waals surface area contributed by atoms with Crippen molar-refractivity contribution >= 4 is 23.3 Å². The average Bonchev–Trinajstić information content (AvgIpc) is 2.58. The fourth-order valence-electron chi connectivity index (χ4n) is 1.38. The van der Waals surface area contributed by atoms with Crippen LogP contribution in [0.25, 0.3) is 0 Å². The largest absolute Gasteiger partial charge is 0.337 e. The van der Waals surface area contributed by atoms with Crippen molar-refractivity contribution in [2.45, 2.75) is 11.9 Å². The third-order valence-electron chi connectivity index (χ3n) is 2.13. The molecule has 0 atom stereocenters. The first-order valence-corrected chi connectivity index (χ1v) is 6.05. The Hall–Kier alpha value is -1.56. The van der Waals surface area contributed by atoms with Crippen LogP contribution in [0.1, 0.15) is 5.69 Å². The van der Waals surface area contributed by atoms with Gasteiger partial charge in [0.2, 0.25) is 0 Å². The van der Waals surface area contributed by atoms with Crippen LogP contribution in [0, 0.1) is 6.92 Å². The zero-order valence-electron chi connectivity index (χ0n) is 9.43. The van der Waals surface area contributed by atoms with Crippen molar-refractivity contribution in [1.29, 1.82) is 0 Å². The Morgan fingerprint density at radius 2 is 2.19 bits per heavy atom. The van der Waals surface area contributed by atoms with E-state index in [0.29, 0.717) is 0 Å². The molecule has 2 heterocycles. The van der Waals surface area contributed by atoms with E-state index in [0.717, 1.165) is 22.2 Å². The summed E-state index contributed by atoms with van der Waals surface area (Å²) in [4.78, 5) is 8.28. The first kappa shape index (κ1) is 10.9. The van der Waals surface area contributed by atoms with E-state index < -0.39 is 0 Å². The topological polar surface area (TPSA) is 55.6 Å². The van der Waals surface area contributed by atoms with Crippen LogP contribution >= 0.6 is 11.8 Å². The van der Waals surface area contributed by atoms with Gasteiger partial charge in [0.1, 0.15) is 17.2 Å². The van der Waals surface area contributed by atoms with Crippen LogP contribution in [0.3, 0.4) is 0 Å². The molecule has 0 unspecified atom stereocenters. The molecule has 16 heavy (non-hydrogen) atoms. The highest BCUT2D eigenvalue weighted by atomic mass is 32.2. The predicted molar refractivity (Wildman–Crippen MR) is 65.0 cm³/mol.